The Morgan fingerprint density at radius 1 is 1.18 bits per heavy atom. The van der Waals surface area contributed by atoms with Crippen molar-refractivity contribution in [1.29, 1.82) is 0 Å². The first-order valence-corrected chi connectivity index (χ1v) is 15.2. The molecule has 9 nitrogen and oxygen atoms in total. The number of carbonyl (C=O) groups is 1. The number of sulfonamides is 1. The van der Waals surface area contributed by atoms with Crippen LogP contribution in [0.3, 0.4) is 0 Å². The molecule has 1 N–H and O–H groups in total. The van der Waals surface area contributed by atoms with E-state index >= 15 is 0 Å². The van der Waals surface area contributed by atoms with Crippen LogP contribution >= 0.6 is 23.2 Å². The summed E-state index contributed by atoms with van der Waals surface area (Å²) in [7, 11) is -2.13. The standard InChI is InChI=1S/C27H32Cl2N4O5S/c1-37-22-4-2-3-19(13-22)17-32-10-7-20(18-32)16-30-26(34)24-15-27(38-31-24)8-11-33(12-9-27)39(35,36)25-14-21(28)5-6-23(25)29/h2-6,13-14,20H,7-12,15-18H2,1H3,(H,30,34). The zero-order chi connectivity index (χ0) is 27.6. The number of rotatable bonds is 8. The van der Waals surface area contributed by atoms with Crippen LogP contribution in [0, 0.1) is 5.92 Å². The van der Waals surface area contributed by atoms with Gasteiger partial charge in [-0.2, -0.15) is 4.31 Å². The molecule has 0 saturated carbocycles. The topological polar surface area (TPSA) is 101 Å². The second-order valence-electron chi connectivity index (χ2n) is 10.4. The van der Waals surface area contributed by atoms with Gasteiger partial charge in [-0.15, -0.1) is 0 Å². The van der Waals surface area contributed by atoms with Crippen molar-refractivity contribution in [3.63, 3.8) is 0 Å². The van der Waals surface area contributed by atoms with Crippen LogP contribution in [0.1, 0.15) is 31.2 Å². The normalized spacial score (nSPS) is 21.5. The summed E-state index contributed by atoms with van der Waals surface area (Å²) < 4.78 is 33.0. The molecule has 39 heavy (non-hydrogen) atoms. The summed E-state index contributed by atoms with van der Waals surface area (Å²) in [4.78, 5) is 21.0. The summed E-state index contributed by atoms with van der Waals surface area (Å²) in [5.41, 5.74) is 0.893. The lowest BCUT2D eigenvalue weighted by atomic mass is 9.87. The van der Waals surface area contributed by atoms with Crippen LogP contribution in [0.4, 0.5) is 0 Å². The third kappa shape index (κ3) is 6.36. The Hall–Kier alpha value is -2.37. The molecular weight excluding hydrogens is 563 g/mol. The van der Waals surface area contributed by atoms with Crippen LogP contribution < -0.4 is 10.1 Å². The number of carbonyl (C=O) groups excluding carboxylic acids is 1. The molecule has 2 fully saturated rings. The number of hydrogen-bond acceptors (Lipinski definition) is 7. The number of ether oxygens (including phenoxy) is 1. The molecule has 3 aliphatic heterocycles. The first-order chi connectivity index (χ1) is 18.7. The maximum absolute atomic E-state index is 13.1. The smallest absolute Gasteiger partial charge is 0.269 e. The summed E-state index contributed by atoms with van der Waals surface area (Å²) in [6.07, 6.45) is 2.22. The van der Waals surface area contributed by atoms with Crippen molar-refractivity contribution in [3.8, 4) is 5.75 Å². The molecule has 0 bridgehead atoms. The van der Waals surface area contributed by atoms with Crippen LogP contribution in [0.25, 0.3) is 0 Å². The fourth-order valence-corrected chi connectivity index (χ4v) is 7.63. The van der Waals surface area contributed by atoms with E-state index in [-0.39, 0.29) is 28.9 Å². The summed E-state index contributed by atoms with van der Waals surface area (Å²) in [5.74, 6) is 0.993. The van der Waals surface area contributed by atoms with E-state index in [9.17, 15) is 13.2 Å². The Kier molecular flexibility index (Phi) is 8.40. The van der Waals surface area contributed by atoms with Crippen molar-refractivity contribution in [2.75, 3.05) is 39.8 Å². The largest absolute Gasteiger partial charge is 0.497 e. The molecule has 3 heterocycles. The average molecular weight is 596 g/mol. The second-order valence-corrected chi connectivity index (χ2v) is 13.2. The average Bonchev–Trinajstić information content (AvgIpc) is 3.56. The fourth-order valence-electron chi connectivity index (χ4n) is 5.45. The van der Waals surface area contributed by atoms with Gasteiger partial charge in [-0.25, -0.2) is 8.42 Å². The highest BCUT2D eigenvalue weighted by Crippen LogP contribution is 2.37. The van der Waals surface area contributed by atoms with Gasteiger partial charge in [0, 0.05) is 57.0 Å². The molecule has 1 unspecified atom stereocenters. The fraction of sp³-hybridized carbons (Fsp3) is 0.481. The monoisotopic (exact) mass is 594 g/mol. The van der Waals surface area contributed by atoms with Gasteiger partial charge in [0.1, 0.15) is 22.0 Å². The van der Waals surface area contributed by atoms with Crippen LogP contribution in [0.5, 0.6) is 5.75 Å². The van der Waals surface area contributed by atoms with Gasteiger partial charge in [0.25, 0.3) is 5.91 Å². The van der Waals surface area contributed by atoms with Gasteiger partial charge in [-0.05, 0) is 54.8 Å². The highest BCUT2D eigenvalue weighted by atomic mass is 35.5. The molecule has 12 heteroatoms. The van der Waals surface area contributed by atoms with Crippen molar-refractivity contribution < 1.29 is 22.8 Å². The molecule has 210 valence electrons. The van der Waals surface area contributed by atoms with E-state index in [1.807, 2.05) is 12.1 Å². The van der Waals surface area contributed by atoms with Crippen LogP contribution in [0.15, 0.2) is 52.5 Å². The number of methoxy groups -OCH3 is 1. The summed E-state index contributed by atoms with van der Waals surface area (Å²) in [5, 5.41) is 7.55. The Morgan fingerprint density at radius 2 is 1.97 bits per heavy atom. The van der Waals surface area contributed by atoms with Gasteiger partial charge in [0.15, 0.2) is 0 Å². The van der Waals surface area contributed by atoms with Gasteiger partial charge in [-0.1, -0.05) is 40.5 Å². The minimum atomic E-state index is -3.80. The Morgan fingerprint density at radius 3 is 2.74 bits per heavy atom. The summed E-state index contributed by atoms with van der Waals surface area (Å²) >= 11 is 12.1. The zero-order valence-electron chi connectivity index (χ0n) is 21.7. The van der Waals surface area contributed by atoms with Gasteiger partial charge in [0.2, 0.25) is 10.0 Å². The van der Waals surface area contributed by atoms with Crippen LogP contribution in [-0.4, -0.2) is 74.7 Å². The Balaban J connectivity index is 1.08. The maximum Gasteiger partial charge on any atom is 0.269 e. The van der Waals surface area contributed by atoms with Gasteiger partial charge < -0.3 is 14.9 Å². The molecular formula is C27H32Cl2N4O5S. The molecule has 2 aromatic rings. The molecule has 0 radical (unpaired) electrons. The van der Waals surface area contributed by atoms with Gasteiger partial charge in [0.05, 0.1) is 12.1 Å². The quantitative estimate of drug-likeness (QED) is 0.497. The molecule has 2 saturated heterocycles. The highest BCUT2D eigenvalue weighted by molar-refractivity contribution is 7.89. The van der Waals surface area contributed by atoms with Crippen LogP contribution in [0.2, 0.25) is 10.0 Å². The minimum absolute atomic E-state index is 0.00903. The molecule has 1 amide bonds. The number of oxime groups is 1. The lowest BCUT2D eigenvalue weighted by Crippen LogP contribution is -2.47. The lowest BCUT2D eigenvalue weighted by Gasteiger charge is -2.36. The maximum atomic E-state index is 13.1. The summed E-state index contributed by atoms with van der Waals surface area (Å²) in [6.45, 7) is 3.78. The Labute approximate surface area is 239 Å². The lowest BCUT2D eigenvalue weighted by molar-refractivity contribution is -0.115. The molecule has 5 rings (SSSR count). The van der Waals surface area contributed by atoms with Crippen molar-refractivity contribution in [3.05, 3.63) is 58.1 Å². The number of nitrogens with zero attached hydrogens (tertiary/aromatic N) is 3. The van der Waals surface area contributed by atoms with Crippen molar-refractivity contribution >= 4 is 44.8 Å². The van der Waals surface area contributed by atoms with E-state index in [1.54, 1.807) is 13.2 Å². The predicted octanol–water partition coefficient (Wildman–Crippen LogP) is 3.94. The number of hydrogen-bond donors (Lipinski definition) is 1. The molecule has 0 aromatic heterocycles. The minimum Gasteiger partial charge on any atom is -0.497 e. The SMILES string of the molecule is COc1cccc(CN2CCC(CNC(=O)C3=NOC4(CCN(S(=O)(=O)c5cc(Cl)ccc5Cl)CC4)C3)C2)c1. The molecule has 1 spiro atoms. The van der Waals surface area contributed by atoms with Crippen LogP contribution in [-0.2, 0) is 26.2 Å². The number of benzene rings is 2. The van der Waals surface area contributed by atoms with E-state index < -0.39 is 15.6 Å². The molecule has 0 aliphatic carbocycles. The molecule has 2 aromatic carbocycles. The first-order valence-electron chi connectivity index (χ1n) is 13.0. The van der Waals surface area contributed by atoms with Crippen molar-refractivity contribution in [2.24, 2.45) is 11.1 Å². The first kappa shape index (κ1) is 28.2. The van der Waals surface area contributed by atoms with E-state index in [4.69, 9.17) is 32.8 Å². The predicted molar refractivity (Wildman–Crippen MR) is 150 cm³/mol. The van der Waals surface area contributed by atoms with E-state index in [0.717, 1.165) is 31.8 Å². The van der Waals surface area contributed by atoms with E-state index in [0.29, 0.717) is 42.5 Å². The third-order valence-corrected chi connectivity index (χ3v) is 10.3. The second kappa shape index (κ2) is 11.6. The number of piperidine rings is 1. The molecule has 1 atom stereocenters. The van der Waals surface area contributed by atoms with Crippen molar-refractivity contribution in [2.45, 2.75) is 42.7 Å². The number of halogens is 2. The van der Waals surface area contributed by atoms with E-state index in [1.165, 1.54) is 22.0 Å². The zero-order valence-corrected chi connectivity index (χ0v) is 24.1. The van der Waals surface area contributed by atoms with Crippen molar-refractivity contribution in [1.82, 2.24) is 14.5 Å². The third-order valence-electron chi connectivity index (χ3n) is 7.71. The Bertz CT molecular complexity index is 1360. The van der Waals surface area contributed by atoms with Gasteiger partial charge in [-0.3, -0.25) is 9.69 Å². The molecule has 3 aliphatic rings. The number of amides is 1. The van der Waals surface area contributed by atoms with Gasteiger partial charge >= 0.3 is 0 Å². The van der Waals surface area contributed by atoms with E-state index in [2.05, 4.69) is 27.5 Å². The number of likely N-dealkylation sites (tertiary alicyclic amines) is 1. The summed E-state index contributed by atoms with van der Waals surface area (Å²) in [6, 6.07) is 12.5. The highest BCUT2D eigenvalue weighted by Gasteiger charge is 2.46. The number of nitrogens with one attached hydrogen (secondary N) is 1.